The Morgan fingerprint density at radius 1 is 1.27 bits per heavy atom. The quantitative estimate of drug-likeness (QED) is 0.429. The first-order valence-electron chi connectivity index (χ1n) is 12.1. The van der Waals surface area contributed by atoms with E-state index < -0.39 is 23.8 Å². The van der Waals surface area contributed by atoms with Crippen molar-refractivity contribution in [3.63, 3.8) is 0 Å². The third kappa shape index (κ3) is 4.97. The number of aryl methyl sites for hydroxylation is 1. The first-order valence-corrected chi connectivity index (χ1v) is 12.1. The van der Waals surface area contributed by atoms with Gasteiger partial charge in [0, 0.05) is 50.4 Å². The van der Waals surface area contributed by atoms with Crippen LogP contribution in [-0.4, -0.2) is 45.0 Å². The molecule has 1 saturated heterocycles. The highest BCUT2D eigenvalue weighted by Crippen LogP contribution is 2.35. The minimum atomic E-state index is -2.95. The monoisotopic (exact) mass is 513 g/mol. The lowest BCUT2D eigenvalue weighted by Crippen LogP contribution is -2.45. The van der Waals surface area contributed by atoms with E-state index in [1.807, 2.05) is 6.92 Å². The van der Waals surface area contributed by atoms with Crippen LogP contribution in [0.25, 0.3) is 10.9 Å². The highest BCUT2D eigenvalue weighted by Gasteiger charge is 2.29. The SMILES string of the molecule is C=C[C@H](c1cccc(C(F)F)c1F)N(C)c1nc(C)nc2cc(=O)n(C3CCN(C(C)=O)[C@H](C)C3)cc12. The van der Waals surface area contributed by atoms with Crippen molar-refractivity contribution in [3.05, 3.63) is 76.2 Å². The Kier molecular flexibility index (Phi) is 7.38. The van der Waals surface area contributed by atoms with Crippen molar-refractivity contribution in [2.24, 2.45) is 0 Å². The number of halogens is 3. The van der Waals surface area contributed by atoms with E-state index >= 15 is 4.39 Å². The van der Waals surface area contributed by atoms with E-state index in [9.17, 15) is 18.4 Å². The van der Waals surface area contributed by atoms with Crippen LogP contribution in [0, 0.1) is 12.7 Å². The Labute approximate surface area is 213 Å². The summed E-state index contributed by atoms with van der Waals surface area (Å²) in [5.41, 5.74) is -0.433. The number of likely N-dealkylation sites (tertiary alicyclic amines) is 1. The van der Waals surface area contributed by atoms with Gasteiger partial charge in [0.1, 0.15) is 17.5 Å². The van der Waals surface area contributed by atoms with E-state index in [1.165, 1.54) is 31.2 Å². The largest absolute Gasteiger partial charge is 0.348 e. The molecule has 0 bridgehead atoms. The standard InChI is InChI=1S/C27H30F3N5O2/c1-6-23(19-8-7-9-20(25(19)28)26(29)30)33(5)27-21-14-35(24(37)13-22(21)31-16(3)32-27)18-10-11-34(17(4)36)15(2)12-18/h6-9,13-15,18,23,26H,1,10-12H2,2-5H3/t15-,18?,23-/m1/s1. The number of rotatable bonds is 6. The van der Waals surface area contributed by atoms with E-state index in [2.05, 4.69) is 16.5 Å². The summed E-state index contributed by atoms with van der Waals surface area (Å²) in [6, 6.07) is 4.38. The van der Waals surface area contributed by atoms with E-state index in [-0.39, 0.29) is 29.1 Å². The zero-order chi connectivity index (χ0) is 27.0. The van der Waals surface area contributed by atoms with Crippen molar-refractivity contribution in [1.82, 2.24) is 19.4 Å². The molecular weight excluding hydrogens is 483 g/mol. The van der Waals surface area contributed by atoms with Gasteiger partial charge in [0.15, 0.2) is 0 Å². The number of hydrogen-bond donors (Lipinski definition) is 0. The normalized spacial score (nSPS) is 18.8. The highest BCUT2D eigenvalue weighted by molar-refractivity contribution is 5.89. The van der Waals surface area contributed by atoms with Gasteiger partial charge in [-0.2, -0.15) is 0 Å². The first-order chi connectivity index (χ1) is 17.5. The maximum atomic E-state index is 15.1. The number of benzene rings is 1. The molecule has 1 amide bonds. The fraction of sp³-hybridized carbons (Fsp3) is 0.407. The van der Waals surface area contributed by atoms with Gasteiger partial charge in [0.2, 0.25) is 5.91 Å². The van der Waals surface area contributed by atoms with Crippen molar-refractivity contribution >= 4 is 22.6 Å². The van der Waals surface area contributed by atoms with Gasteiger partial charge in [-0.15, -0.1) is 6.58 Å². The molecule has 1 fully saturated rings. The summed E-state index contributed by atoms with van der Waals surface area (Å²) in [7, 11) is 1.67. The predicted octanol–water partition coefficient (Wildman–Crippen LogP) is 5.11. The molecule has 0 saturated carbocycles. The molecule has 7 nitrogen and oxygen atoms in total. The lowest BCUT2D eigenvalue weighted by Gasteiger charge is -2.38. The summed E-state index contributed by atoms with van der Waals surface area (Å²) < 4.78 is 43.4. The van der Waals surface area contributed by atoms with Gasteiger partial charge >= 0.3 is 0 Å². The molecular formula is C27H30F3N5O2. The van der Waals surface area contributed by atoms with Crippen LogP contribution in [0.5, 0.6) is 0 Å². The number of alkyl halides is 2. The predicted molar refractivity (Wildman–Crippen MR) is 136 cm³/mol. The van der Waals surface area contributed by atoms with E-state index in [0.29, 0.717) is 41.9 Å². The second-order valence-corrected chi connectivity index (χ2v) is 9.49. The summed E-state index contributed by atoms with van der Waals surface area (Å²) in [6.07, 6.45) is 1.45. The number of carbonyl (C=O) groups excluding carboxylic acids is 1. The van der Waals surface area contributed by atoms with Crippen molar-refractivity contribution in [3.8, 4) is 0 Å². The molecule has 3 heterocycles. The van der Waals surface area contributed by atoms with Gasteiger partial charge in [0.05, 0.1) is 22.5 Å². The first kappa shape index (κ1) is 26.4. The number of pyridine rings is 1. The lowest BCUT2D eigenvalue weighted by molar-refractivity contribution is -0.132. The van der Waals surface area contributed by atoms with Gasteiger partial charge in [-0.05, 0) is 26.7 Å². The summed E-state index contributed by atoms with van der Waals surface area (Å²) >= 11 is 0. The number of likely N-dealkylation sites (N-methyl/N-ethyl adjacent to an activating group) is 1. The minimum absolute atomic E-state index is 0.00297. The molecule has 1 aromatic carbocycles. The maximum absolute atomic E-state index is 15.1. The van der Waals surface area contributed by atoms with Crippen LogP contribution in [0.1, 0.15) is 62.1 Å². The molecule has 0 radical (unpaired) electrons. The molecule has 3 aromatic rings. The van der Waals surface area contributed by atoms with Gasteiger partial charge < -0.3 is 14.4 Å². The van der Waals surface area contributed by atoms with Gasteiger partial charge in [-0.1, -0.05) is 24.3 Å². The molecule has 2 aromatic heterocycles. The lowest BCUT2D eigenvalue weighted by atomic mass is 9.97. The maximum Gasteiger partial charge on any atom is 0.266 e. The molecule has 0 aliphatic carbocycles. The number of nitrogens with zero attached hydrogens (tertiary/aromatic N) is 5. The van der Waals surface area contributed by atoms with Gasteiger partial charge in [-0.3, -0.25) is 9.59 Å². The molecule has 37 heavy (non-hydrogen) atoms. The van der Waals surface area contributed by atoms with Gasteiger partial charge in [0.25, 0.3) is 12.0 Å². The van der Waals surface area contributed by atoms with Crippen LogP contribution in [0.15, 0.2) is 47.9 Å². The van der Waals surface area contributed by atoms with Crippen LogP contribution in [-0.2, 0) is 4.79 Å². The van der Waals surface area contributed by atoms with E-state index in [1.54, 1.807) is 34.5 Å². The molecule has 196 valence electrons. The molecule has 4 rings (SSSR count). The van der Waals surface area contributed by atoms with Crippen molar-refractivity contribution in [2.75, 3.05) is 18.5 Å². The van der Waals surface area contributed by atoms with Crippen LogP contribution >= 0.6 is 0 Å². The molecule has 1 unspecified atom stereocenters. The number of anilines is 1. The second-order valence-electron chi connectivity index (χ2n) is 9.49. The third-order valence-corrected chi connectivity index (χ3v) is 7.08. The van der Waals surface area contributed by atoms with E-state index in [0.717, 1.165) is 6.07 Å². The third-order valence-electron chi connectivity index (χ3n) is 7.08. The number of piperidine rings is 1. The summed E-state index contributed by atoms with van der Waals surface area (Å²) in [4.78, 5) is 37.4. The summed E-state index contributed by atoms with van der Waals surface area (Å²) in [5, 5.41) is 0.562. The fourth-order valence-electron chi connectivity index (χ4n) is 5.23. The molecule has 1 aliphatic rings. The highest BCUT2D eigenvalue weighted by atomic mass is 19.3. The molecule has 3 atom stereocenters. The molecule has 0 N–H and O–H groups in total. The van der Waals surface area contributed by atoms with Crippen molar-refractivity contribution in [2.45, 2.75) is 58.2 Å². The average molecular weight is 514 g/mol. The smallest absolute Gasteiger partial charge is 0.266 e. The fourth-order valence-corrected chi connectivity index (χ4v) is 5.23. The Hall–Kier alpha value is -3.69. The zero-order valence-corrected chi connectivity index (χ0v) is 21.3. The number of fused-ring (bicyclic) bond motifs is 1. The van der Waals surface area contributed by atoms with Crippen LogP contribution in [0.3, 0.4) is 0 Å². The zero-order valence-electron chi connectivity index (χ0n) is 21.3. The Morgan fingerprint density at radius 2 is 1.97 bits per heavy atom. The number of amides is 1. The van der Waals surface area contributed by atoms with Crippen LogP contribution < -0.4 is 10.5 Å². The number of carbonyl (C=O) groups is 1. The topological polar surface area (TPSA) is 71.3 Å². The Bertz CT molecular complexity index is 1410. The number of hydrogen-bond acceptors (Lipinski definition) is 5. The van der Waals surface area contributed by atoms with Crippen molar-refractivity contribution in [1.29, 1.82) is 0 Å². The van der Waals surface area contributed by atoms with Crippen LogP contribution in [0.2, 0.25) is 0 Å². The Morgan fingerprint density at radius 3 is 2.59 bits per heavy atom. The molecule has 10 heteroatoms. The minimum Gasteiger partial charge on any atom is -0.348 e. The Balaban J connectivity index is 1.80. The molecule has 1 aliphatic heterocycles. The van der Waals surface area contributed by atoms with Crippen LogP contribution in [0.4, 0.5) is 19.0 Å². The molecule has 0 spiro atoms. The summed E-state index contributed by atoms with van der Waals surface area (Å²) in [6.45, 7) is 9.53. The number of aromatic nitrogens is 3. The van der Waals surface area contributed by atoms with E-state index in [4.69, 9.17) is 0 Å². The van der Waals surface area contributed by atoms with Gasteiger partial charge in [-0.25, -0.2) is 23.1 Å². The van der Waals surface area contributed by atoms with Crippen molar-refractivity contribution < 1.29 is 18.0 Å². The summed E-state index contributed by atoms with van der Waals surface area (Å²) in [5.74, 6) is -0.174. The average Bonchev–Trinajstić information content (AvgIpc) is 2.83. The second kappa shape index (κ2) is 10.4.